The van der Waals surface area contributed by atoms with Crippen LogP contribution >= 0.6 is 0 Å². The van der Waals surface area contributed by atoms with E-state index in [9.17, 15) is 5.11 Å². The van der Waals surface area contributed by atoms with Crippen LogP contribution in [0, 0.1) is 5.92 Å². The second-order valence-electron chi connectivity index (χ2n) is 5.85. The number of nitrogens with two attached hydrogens (primary N) is 1. The first-order valence-electron chi connectivity index (χ1n) is 7.20. The smallest absolute Gasteiger partial charge is 0.0923 e. The predicted molar refractivity (Wildman–Crippen MR) is 73.0 cm³/mol. The summed E-state index contributed by atoms with van der Waals surface area (Å²) < 4.78 is 0. The average molecular weight is 242 g/mol. The standard InChI is InChI=1S/C14H30N2O/c1-4-5-6-9-16(12(2)3)11-14(17,10-15)13-7-8-13/h12-13,17H,4-11,15H2,1-3H3. The summed E-state index contributed by atoms with van der Waals surface area (Å²) in [5.41, 5.74) is 5.13. The van der Waals surface area contributed by atoms with Gasteiger partial charge in [-0.2, -0.15) is 0 Å². The Kier molecular flexibility index (Phi) is 5.90. The molecule has 0 spiro atoms. The average Bonchev–Trinajstić information content (AvgIpc) is 3.11. The van der Waals surface area contributed by atoms with Crippen molar-refractivity contribution in [3.63, 3.8) is 0 Å². The van der Waals surface area contributed by atoms with Gasteiger partial charge < -0.3 is 10.8 Å². The molecule has 0 heterocycles. The second kappa shape index (κ2) is 6.72. The first-order chi connectivity index (χ1) is 8.03. The molecule has 1 atom stereocenters. The van der Waals surface area contributed by atoms with Crippen LogP contribution in [0.1, 0.15) is 52.9 Å². The zero-order chi connectivity index (χ0) is 12.9. The van der Waals surface area contributed by atoms with E-state index < -0.39 is 5.60 Å². The molecule has 3 nitrogen and oxygen atoms in total. The molecule has 0 radical (unpaired) electrons. The lowest BCUT2D eigenvalue weighted by Crippen LogP contribution is -2.52. The lowest BCUT2D eigenvalue weighted by Gasteiger charge is -2.36. The molecule has 0 saturated heterocycles. The third kappa shape index (κ3) is 4.57. The minimum absolute atomic E-state index is 0.397. The van der Waals surface area contributed by atoms with Crippen LogP contribution in [0.3, 0.4) is 0 Å². The van der Waals surface area contributed by atoms with Gasteiger partial charge in [-0.1, -0.05) is 19.8 Å². The summed E-state index contributed by atoms with van der Waals surface area (Å²) >= 11 is 0. The molecule has 0 aliphatic heterocycles. The highest BCUT2D eigenvalue weighted by Gasteiger charge is 2.43. The second-order valence-corrected chi connectivity index (χ2v) is 5.85. The van der Waals surface area contributed by atoms with Gasteiger partial charge in [-0.05, 0) is 45.6 Å². The molecule has 0 aromatic heterocycles. The first kappa shape index (κ1) is 14.9. The molecule has 3 heteroatoms. The maximum Gasteiger partial charge on any atom is 0.0923 e. The molecule has 0 aromatic carbocycles. The maximum absolute atomic E-state index is 10.6. The van der Waals surface area contributed by atoms with E-state index in [0.29, 0.717) is 18.5 Å². The summed E-state index contributed by atoms with van der Waals surface area (Å²) in [5.74, 6) is 0.444. The summed E-state index contributed by atoms with van der Waals surface area (Å²) in [6, 6.07) is 0.490. The monoisotopic (exact) mass is 242 g/mol. The van der Waals surface area contributed by atoms with Crippen molar-refractivity contribution in [3.8, 4) is 0 Å². The molecule has 0 amide bonds. The van der Waals surface area contributed by atoms with Crippen molar-refractivity contribution in [2.45, 2.75) is 64.5 Å². The Morgan fingerprint density at radius 2 is 2.00 bits per heavy atom. The SMILES string of the molecule is CCCCCN(CC(O)(CN)C1CC1)C(C)C. The van der Waals surface area contributed by atoms with Crippen molar-refractivity contribution in [3.05, 3.63) is 0 Å². The van der Waals surface area contributed by atoms with Crippen LogP contribution in [0.4, 0.5) is 0 Å². The quantitative estimate of drug-likeness (QED) is 0.608. The van der Waals surface area contributed by atoms with Crippen LogP contribution in [0.5, 0.6) is 0 Å². The Hall–Kier alpha value is -0.120. The zero-order valence-corrected chi connectivity index (χ0v) is 11.8. The minimum atomic E-state index is -0.642. The van der Waals surface area contributed by atoms with E-state index in [1.54, 1.807) is 0 Å². The summed E-state index contributed by atoms with van der Waals surface area (Å²) in [6.07, 6.45) is 6.03. The van der Waals surface area contributed by atoms with Crippen molar-refractivity contribution in [2.75, 3.05) is 19.6 Å². The predicted octanol–water partition coefficient (Wildman–Crippen LogP) is 1.99. The fourth-order valence-electron chi connectivity index (χ4n) is 2.42. The molecule has 0 bridgehead atoms. The number of rotatable bonds is 9. The number of nitrogens with zero attached hydrogens (tertiary/aromatic N) is 1. The molecule has 1 unspecified atom stereocenters. The molecule has 1 fully saturated rings. The molecule has 1 saturated carbocycles. The van der Waals surface area contributed by atoms with Crippen molar-refractivity contribution >= 4 is 0 Å². The molecule has 0 aromatic rings. The van der Waals surface area contributed by atoms with Crippen molar-refractivity contribution in [1.29, 1.82) is 0 Å². The topological polar surface area (TPSA) is 49.5 Å². The maximum atomic E-state index is 10.6. The van der Waals surface area contributed by atoms with Gasteiger partial charge in [0.1, 0.15) is 0 Å². The van der Waals surface area contributed by atoms with Crippen LogP contribution < -0.4 is 5.73 Å². The van der Waals surface area contributed by atoms with Gasteiger partial charge in [-0.3, -0.25) is 4.90 Å². The largest absolute Gasteiger partial charge is 0.387 e. The van der Waals surface area contributed by atoms with Crippen LogP contribution in [0.25, 0.3) is 0 Å². The third-order valence-corrected chi connectivity index (χ3v) is 3.95. The Labute approximate surface area is 106 Å². The highest BCUT2D eigenvalue weighted by Crippen LogP contribution is 2.39. The Morgan fingerprint density at radius 3 is 2.41 bits per heavy atom. The van der Waals surface area contributed by atoms with Gasteiger partial charge >= 0.3 is 0 Å². The van der Waals surface area contributed by atoms with E-state index >= 15 is 0 Å². The fourth-order valence-corrected chi connectivity index (χ4v) is 2.42. The zero-order valence-electron chi connectivity index (χ0n) is 11.8. The molecule has 17 heavy (non-hydrogen) atoms. The molecule has 102 valence electrons. The van der Waals surface area contributed by atoms with E-state index in [-0.39, 0.29) is 0 Å². The van der Waals surface area contributed by atoms with Crippen LogP contribution in [-0.4, -0.2) is 41.3 Å². The number of aliphatic hydroxyl groups is 1. The lowest BCUT2D eigenvalue weighted by atomic mass is 9.96. The fraction of sp³-hybridized carbons (Fsp3) is 1.00. The van der Waals surface area contributed by atoms with Crippen molar-refractivity contribution in [2.24, 2.45) is 11.7 Å². The highest BCUT2D eigenvalue weighted by atomic mass is 16.3. The summed E-state index contributed by atoms with van der Waals surface area (Å²) in [7, 11) is 0. The molecule has 1 rings (SSSR count). The van der Waals surface area contributed by atoms with Crippen molar-refractivity contribution < 1.29 is 5.11 Å². The molecule has 1 aliphatic rings. The van der Waals surface area contributed by atoms with Crippen LogP contribution in [0.2, 0.25) is 0 Å². The number of hydrogen-bond donors (Lipinski definition) is 2. The van der Waals surface area contributed by atoms with Gasteiger partial charge in [-0.25, -0.2) is 0 Å². The molecular weight excluding hydrogens is 212 g/mol. The van der Waals surface area contributed by atoms with Gasteiger partial charge in [0.15, 0.2) is 0 Å². The van der Waals surface area contributed by atoms with Crippen LogP contribution in [-0.2, 0) is 0 Å². The van der Waals surface area contributed by atoms with Gasteiger partial charge in [0.05, 0.1) is 5.60 Å². The number of hydrogen-bond acceptors (Lipinski definition) is 3. The highest BCUT2D eigenvalue weighted by molar-refractivity contribution is 4.97. The van der Waals surface area contributed by atoms with E-state index in [1.165, 1.54) is 19.3 Å². The van der Waals surface area contributed by atoms with E-state index in [2.05, 4.69) is 25.7 Å². The van der Waals surface area contributed by atoms with E-state index in [1.807, 2.05) is 0 Å². The summed E-state index contributed by atoms with van der Waals surface area (Å²) in [4.78, 5) is 2.39. The number of unbranched alkanes of at least 4 members (excludes halogenated alkanes) is 2. The third-order valence-electron chi connectivity index (χ3n) is 3.95. The van der Waals surface area contributed by atoms with E-state index in [0.717, 1.165) is 25.9 Å². The van der Waals surface area contributed by atoms with Gasteiger partial charge in [0.2, 0.25) is 0 Å². The summed E-state index contributed by atoms with van der Waals surface area (Å²) in [5, 5.41) is 10.6. The van der Waals surface area contributed by atoms with Crippen LogP contribution in [0.15, 0.2) is 0 Å². The molecule has 1 aliphatic carbocycles. The van der Waals surface area contributed by atoms with Gasteiger partial charge in [0.25, 0.3) is 0 Å². The minimum Gasteiger partial charge on any atom is -0.387 e. The van der Waals surface area contributed by atoms with Gasteiger partial charge in [0, 0.05) is 19.1 Å². The van der Waals surface area contributed by atoms with Crippen molar-refractivity contribution in [1.82, 2.24) is 4.90 Å². The first-order valence-corrected chi connectivity index (χ1v) is 7.20. The Bertz CT molecular complexity index is 216. The lowest BCUT2D eigenvalue weighted by molar-refractivity contribution is -0.0164. The van der Waals surface area contributed by atoms with E-state index in [4.69, 9.17) is 5.73 Å². The van der Waals surface area contributed by atoms with Gasteiger partial charge in [-0.15, -0.1) is 0 Å². The Morgan fingerprint density at radius 1 is 1.35 bits per heavy atom. The summed E-state index contributed by atoms with van der Waals surface area (Å²) in [6.45, 7) is 8.86. The Balaban J connectivity index is 2.46. The normalized spacial score (nSPS) is 19.9. The molecule has 3 N–H and O–H groups in total. The molecular formula is C14H30N2O.